The summed E-state index contributed by atoms with van der Waals surface area (Å²) in [4.78, 5) is 17.1. The Bertz CT molecular complexity index is 462. The SMILES string of the molecule is O=c1[nH]c2ccc(SCl)cc2[nH]1. The lowest BCUT2D eigenvalue weighted by Crippen LogP contribution is -1.99. The van der Waals surface area contributed by atoms with Crippen molar-refractivity contribution in [1.29, 1.82) is 0 Å². The molecule has 5 heteroatoms. The van der Waals surface area contributed by atoms with Gasteiger partial charge in [0.15, 0.2) is 0 Å². The Morgan fingerprint density at radius 1 is 1.25 bits per heavy atom. The van der Waals surface area contributed by atoms with Gasteiger partial charge >= 0.3 is 5.69 Å². The van der Waals surface area contributed by atoms with Gasteiger partial charge in [-0.1, -0.05) is 0 Å². The molecule has 1 aromatic carbocycles. The summed E-state index contributed by atoms with van der Waals surface area (Å²) in [5.41, 5.74) is 1.39. The molecule has 0 atom stereocenters. The van der Waals surface area contributed by atoms with Crippen molar-refractivity contribution in [2.24, 2.45) is 0 Å². The van der Waals surface area contributed by atoms with E-state index < -0.39 is 0 Å². The Labute approximate surface area is 76.6 Å². The highest BCUT2D eigenvalue weighted by Crippen LogP contribution is 2.23. The number of hydrogen-bond donors (Lipinski definition) is 2. The van der Waals surface area contributed by atoms with Gasteiger partial charge < -0.3 is 9.97 Å². The van der Waals surface area contributed by atoms with E-state index >= 15 is 0 Å². The van der Waals surface area contributed by atoms with E-state index in [2.05, 4.69) is 9.97 Å². The van der Waals surface area contributed by atoms with Crippen LogP contribution in [0.15, 0.2) is 27.9 Å². The summed E-state index contributed by atoms with van der Waals surface area (Å²) in [5, 5.41) is 0. The van der Waals surface area contributed by atoms with Gasteiger partial charge in [-0.2, -0.15) is 0 Å². The van der Waals surface area contributed by atoms with Crippen LogP contribution in [0, 0.1) is 0 Å². The maximum absolute atomic E-state index is 10.8. The van der Waals surface area contributed by atoms with Crippen LogP contribution in [0.3, 0.4) is 0 Å². The van der Waals surface area contributed by atoms with Gasteiger partial charge in [-0.25, -0.2) is 4.79 Å². The second kappa shape index (κ2) is 2.88. The van der Waals surface area contributed by atoms with Gasteiger partial charge in [0.25, 0.3) is 0 Å². The van der Waals surface area contributed by atoms with Crippen LogP contribution in [0.1, 0.15) is 0 Å². The second-order valence-corrected chi connectivity index (χ2v) is 3.45. The molecule has 2 N–H and O–H groups in total. The van der Waals surface area contributed by atoms with E-state index in [9.17, 15) is 4.79 Å². The smallest absolute Gasteiger partial charge is 0.306 e. The number of imidazole rings is 1. The molecule has 0 bridgehead atoms. The fraction of sp³-hybridized carbons (Fsp3) is 0. The van der Waals surface area contributed by atoms with Gasteiger partial charge in [0.05, 0.1) is 11.0 Å². The molecule has 0 aliphatic heterocycles. The number of benzene rings is 1. The summed E-state index contributed by atoms with van der Waals surface area (Å²) in [6, 6.07) is 5.49. The largest absolute Gasteiger partial charge is 0.323 e. The van der Waals surface area contributed by atoms with E-state index in [1.54, 1.807) is 0 Å². The van der Waals surface area contributed by atoms with Crippen molar-refractivity contribution >= 4 is 32.7 Å². The van der Waals surface area contributed by atoms with Gasteiger partial charge in [0, 0.05) is 4.90 Å². The van der Waals surface area contributed by atoms with E-state index in [4.69, 9.17) is 10.7 Å². The quantitative estimate of drug-likeness (QED) is 0.741. The van der Waals surface area contributed by atoms with E-state index in [1.807, 2.05) is 18.2 Å². The molecule has 0 radical (unpaired) electrons. The number of halogens is 1. The highest BCUT2D eigenvalue weighted by Gasteiger charge is 1.98. The summed E-state index contributed by atoms with van der Waals surface area (Å²) in [5.74, 6) is 0. The van der Waals surface area contributed by atoms with Gasteiger partial charge in [0.1, 0.15) is 0 Å². The predicted molar refractivity (Wildman–Crippen MR) is 50.6 cm³/mol. The van der Waals surface area contributed by atoms with Crippen LogP contribution in [-0.2, 0) is 0 Å². The maximum atomic E-state index is 10.8. The minimum atomic E-state index is -0.193. The Morgan fingerprint density at radius 2 is 2.00 bits per heavy atom. The molecule has 1 aromatic heterocycles. The minimum absolute atomic E-state index is 0.193. The third-order valence-electron chi connectivity index (χ3n) is 1.58. The van der Waals surface area contributed by atoms with Crippen molar-refractivity contribution in [2.45, 2.75) is 4.90 Å². The van der Waals surface area contributed by atoms with Crippen LogP contribution in [0.5, 0.6) is 0 Å². The molecule has 0 saturated carbocycles. The number of rotatable bonds is 1. The van der Waals surface area contributed by atoms with Crippen molar-refractivity contribution < 1.29 is 0 Å². The Hall–Kier alpha value is -0.870. The highest BCUT2D eigenvalue weighted by molar-refractivity contribution is 8.21. The molecular formula is C7H5ClN2OS. The average Bonchev–Trinajstić information content (AvgIpc) is 2.43. The molecule has 0 spiro atoms. The van der Waals surface area contributed by atoms with Gasteiger partial charge in [-0.05, 0) is 39.9 Å². The number of H-pyrrole nitrogens is 2. The molecule has 2 aromatic rings. The maximum Gasteiger partial charge on any atom is 0.323 e. The number of hydrogen-bond acceptors (Lipinski definition) is 2. The molecule has 0 aliphatic carbocycles. The third-order valence-corrected chi connectivity index (χ3v) is 2.54. The van der Waals surface area contributed by atoms with Crippen LogP contribution in [0.25, 0.3) is 11.0 Å². The zero-order valence-corrected chi connectivity index (χ0v) is 7.50. The Balaban J connectivity index is 2.74. The highest BCUT2D eigenvalue weighted by atomic mass is 35.7. The monoisotopic (exact) mass is 200 g/mol. The fourth-order valence-corrected chi connectivity index (χ4v) is 1.63. The first-order valence-electron chi connectivity index (χ1n) is 3.30. The van der Waals surface area contributed by atoms with Crippen molar-refractivity contribution in [3.8, 4) is 0 Å². The molecule has 0 aliphatic rings. The summed E-state index contributed by atoms with van der Waals surface area (Å²) in [6.45, 7) is 0. The Morgan fingerprint density at radius 3 is 2.75 bits per heavy atom. The van der Waals surface area contributed by atoms with Crippen molar-refractivity contribution in [3.63, 3.8) is 0 Å². The third kappa shape index (κ3) is 1.23. The lowest BCUT2D eigenvalue weighted by Gasteiger charge is -1.91. The van der Waals surface area contributed by atoms with Crippen LogP contribution in [0.4, 0.5) is 0 Å². The van der Waals surface area contributed by atoms with E-state index in [-0.39, 0.29) is 5.69 Å². The lowest BCUT2D eigenvalue weighted by molar-refractivity contribution is 1.21. The van der Waals surface area contributed by atoms with Gasteiger partial charge in [-0.15, -0.1) is 0 Å². The first-order chi connectivity index (χ1) is 5.79. The predicted octanol–water partition coefficient (Wildman–Crippen LogP) is 2.10. The lowest BCUT2D eigenvalue weighted by atomic mass is 10.3. The van der Waals surface area contributed by atoms with Gasteiger partial charge in [0.2, 0.25) is 0 Å². The average molecular weight is 201 g/mol. The molecular weight excluding hydrogens is 196 g/mol. The number of fused-ring (bicyclic) bond motifs is 1. The van der Waals surface area contributed by atoms with Crippen LogP contribution < -0.4 is 5.69 Å². The molecule has 0 amide bonds. The summed E-state index contributed by atoms with van der Waals surface area (Å²) in [6.07, 6.45) is 0. The number of aromatic amines is 2. The normalized spacial score (nSPS) is 10.8. The molecule has 0 saturated heterocycles. The Kier molecular flexibility index (Phi) is 1.86. The second-order valence-electron chi connectivity index (χ2n) is 2.36. The standard InChI is InChI=1S/C7H5ClN2OS/c8-12-4-1-2-5-6(3-4)10-7(11)9-5/h1-3H,(H2,9,10,11). The molecule has 0 unspecified atom stereocenters. The first kappa shape index (κ1) is 7.76. The number of nitrogens with one attached hydrogen (secondary N) is 2. The number of aromatic nitrogens is 2. The zero-order chi connectivity index (χ0) is 8.55. The van der Waals surface area contributed by atoms with Crippen LogP contribution >= 0.6 is 21.7 Å². The van der Waals surface area contributed by atoms with E-state index in [1.165, 1.54) is 0 Å². The van der Waals surface area contributed by atoms with E-state index in [0.717, 1.165) is 26.9 Å². The first-order valence-corrected chi connectivity index (χ1v) is 4.94. The molecule has 0 fully saturated rings. The molecule has 2 rings (SSSR count). The van der Waals surface area contributed by atoms with Gasteiger partial charge in [-0.3, -0.25) is 0 Å². The topological polar surface area (TPSA) is 48.6 Å². The molecule has 62 valence electrons. The van der Waals surface area contributed by atoms with E-state index in [0.29, 0.717) is 0 Å². The summed E-state index contributed by atoms with van der Waals surface area (Å²) >= 11 is 0. The van der Waals surface area contributed by atoms with Crippen LogP contribution in [-0.4, -0.2) is 9.97 Å². The molecule has 3 nitrogen and oxygen atoms in total. The van der Waals surface area contributed by atoms with Crippen molar-refractivity contribution in [3.05, 3.63) is 28.7 Å². The molecule has 1 heterocycles. The fourth-order valence-electron chi connectivity index (χ4n) is 1.06. The summed E-state index contributed by atoms with van der Waals surface area (Å²) in [7, 11) is 6.68. The van der Waals surface area contributed by atoms with Crippen molar-refractivity contribution in [2.75, 3.05) is 0 Å². The van der Waals surface area contributed by atoms with Crippen LogP contribution in [0.2, 0.25) is 0 Å². The minimum Gasteiger partial charge on any atom is -0.306 e. The molecule has 12 heavy (non-hydrogen) atoms. The zero-order valence-electron chi connectivity index (χ0n) is 5.93. The summed E-state index contributed by atoms with van der Waals surface area (Å²) < 4.78 is 0. The van der Waals surface area contributed by atoms with Crippen molar-refractivity contribution in [1.82, 2.24) is 9.97 Å².